The Morgan fingerprint density at radius 2 is 1.88 bits per heavy atom. The van der Waals surface area contributed by atoms with Gasteiger partial charge in [0.25, 0.3) is 0 Å². The third-order valence-electron chi connectivity index (χ3n) is 2.11. The van der Waals surface area contributed by atoms with Crippen molar-refractivity contribution in [3.05, 3.63) is 0 Å². The van der Waals surface area contributed by atoms with E-state index >= 15 is 0 Å². The molecule has 49 valence electrons. The van der Waals surface area contributed by atoms with Crippen LogP contribution in [0.2, 0.25) is 4.01 Å². The molecule has 0 unspecified atom stereocenters. The molecule has 1 rings (SSSR count). The maximum absolute atomic E-state index is 2.91. The first-order valence-electron chi connectivity index (χ1n) is 3.44. The third-order valence-corrected chi connectivity index (χ3v) is 3.60. The van der Waals surface area contributed by atoms with Gasteiger partial charge in [-0.1, -0.05) is 0 Å². The number of hydrogen-bond donors (Lipinski definition) is 0. The molecule has 0 nitrogen and oxygen atoms in total. The average molecular weight is 198 g/mol. The van der Waals surface area contributed by atoms with Gasteiger partial charge < -0.3 is 0 Å². The third kappa shape index (κ3) is 1.31. The Bertz CT molecular complexity index is 72.5. The van der Waals surface area contributed by atoms with Crippen LogP contribution in [-0.2, 0) is 18.3 Å². The van der Waals surface area contributed by atoms with Crippen LogP contribution >= 0.6 is 0 Å². The van der Waals surface area contributed by atoms with Gasteiger partial charge in [-0.15, -0.1) is 0 Å². The summed E-state index contributed by atoms with van der Waals surface area (Å²) in [5.41, 5.74) is 0. The van der Waals surface area contributed by atoms with E-state index in [4.69, 9.17) is 0 Å². The Balaban J connectivity index is 2.40. The Hall–Kier alpha value is 0.623. The average Bonchev–Trinajstić information content (AvgIpc) is 2.17. The first kappa shape index (κ1) is 6.74. The SMILES string of the molecule is CC[C]1([Ru])CCCC1. The Morgan fingerprint density at radius 1 is 1.38 bits per heavy atom. The normalized spacial score (nSPS) is 26.2. The van der Waals surface area contributed by atoms with E-state index in [9.17, 15) is 0 Å². The first-order chi connectivity index (χ1) is 3.77. The van der Waals surface area contributed by atoms with Crippen molar-refractivity contribution >= 4 is 0 Å². The standard InChI is InChI=1S/C7H13.Ru/c1-2-7-5-3-4-6-7;/h2-6H2,1H3;. The van der Waals surface area contributed by atoms with Gasteiger partial charge in [-0.25, -0.2) is 0 Å². The van der Waals surface area contributed by atoms with Crippen LogP contribution in [0.4, 0.5) is 0 Å². The zero-order valence-corrected chi connectivity index (χ0v) is 7.13. The minimum absolute atomic E-state index is 0.666. The van der Waals surface area contributed by atoms with Crippen molar-refractivity contribution < 1.29 is 18.3 Å². The van der Waals surface area contributed by atoms with Crippen molar-refractivity contribution in [3.63, 3.8) is 0 Å². The van der Waals surface area contributed by atoms with Crippen molar-refractivity contribution in [1.29, 1.82) is 0 Å². The van der Waals surface area contributed by atoms with Crippen molar-refractivity contribution in [3.8, 4) is 0 Å². The van der Waals surface area contributed by atoms with E-state index in [1.807, 2.05) is 0 Å². The van der Waals surface area contributed by atoms with E-state index in [1.54, 1.807) is 0 Å². The van der Waals surface area contributed by atoms with Crippen molar-refractivity contribution in [2.45, 2.75) is 43.0 Å². The van der Waals surface area contributed by atoms with Crippen LogP contribution in [0.1, 0.15) is 39.0 Å². The molecule has 1 heteroatoms. The molecular formula is C7H13Ru. The van der Waals surface area contributed by atoms with Gasteiger partial charge in [0.15, 0.2) is 0 Å². The summed E-state index contributed by atoms with van der Waals surface area (Å²) in [6.07, 6.45) is 7.16. The van der Waals surface area contributed by atoms with E-state index in [1.165, 1.54) is 32.1 Å². The van der Waals surface area contributed by atoms with Crippen molar-refractivity contribution in [2.24, 2.45) is 0 Å². The molecule has 8 heavy (non-hydrogen) atoms. The quantitative estimate of drug-likeness (QED) is 0.568. The molecule has 0 aromatic carbocycles. The van der Waals surface area contributed by atoms with Gasteiger partial charge in [-0.3, -0.25) is 0 Å². The first-order valence-corrected chi connectivity index (χ1v) is 4.31. The molecule has 0 spiro atoms. The summed E-state index contributed by atoms with van der Waals surface area (Å²) >= 11 is 2.91. The summed E-state index contributed by atoms with van der Waals surface area (Å²) in [6.45, 7) is 2.29. The molecule has 0 aliphatic heterocycles. The fourth-order valence-corrected chi connectivity index (χ4v) is 1.97. The van der Waals surface area contributed by atoms with Gasteiger partial charge in [0.2, 0.25) is 0 Å². The molecule has 0 heterocycles. The predicted octanol–water partition coefficient (Wildman–Crippen LogP) is 2.68. The van der Waals surface area contributed by atoms with Crippen LogP contribution < -0.4 is 0 Å². The molecule has 0 atom stereocenters. The molecule has 1 aliphatic rings. The molecule has 0 amide bonds. The number of hydrogen-bond acceptors (Lipinski definition) is 0. The molecule has 0 aromatic rings. The summed E-state index contributed by atoms with van der Waals surface area (Å²) in [5, 5.41) is 0. The predicted molar refractivity (Wildman–Crippen MR) is 31.5 cm³/mol. The summed E-state index contributed by atoms with van der Waals surface area (Å²) in [6, 6.07) is 0. The van der Waals surface area contributed by atoms with Gasteiger partial charge in [0.1, 0.15) is 0 Å². The van der Waals surface area contributed by atoms with Crippen LogP contribution in [0.25, 0.3) is 0 Å². The number of rotatable bonds is 1. The molecule has 1 aliphatic carbocycles. The summed E-state index contributed by atoms with van der Waals surface area (Å²) in [4.78, 5) is 0. The summed E-state index contributed by atoms with van der Waals surface area (Å²) in [5.74, 6) is 0. The van der Waals surface area contributed by atoms with Crippen LogP contribution in [0, 0.1) is 0 Å². The van der Waals surface area contributed by atoms with Gasteiger partial charge in [0, 0.05) is 0 Å². The second-order valence-electron chi connectivity index (χ2n) is 2.69. The van der Waals surface area contributed by atoms with E-state index in [0.29, 0.717) is 4.01 Å². The van der Waals surface area contributed by atoms with Crippen LogP contribution in [0.5, 0.6) is 0 Å². The monoisotopic (exact) mass is 199 g/mol. The second-order valence-corrected chi connectivity index (χ2v) is 4.53. The molecule has 0 aromatic heterocycles. The van der Waals surface area contributed by atoms with E-state index < -0.39 is 0 Å². The topological polar surface area (TPSA) is 0 Å². The Kier molecular flexibility index (Phi) is 2.09. The van der Waals surface area contributed by atoms with Crippen molar-refractivity contribution in [1.82, 2.24) is 0 Å². The van der Waals surface area contributed by atoms with E-state index in [2.05, 4.69) is 25.2 Å². The van der Waals surface area contributed by atoms with Crippen molar-refractivity contribution in [2.75, 3.05) is 0 Å². The van der Waals surface area contributed by atoms with Gasteiger partial charge in [-0.05, 0) is 0 Å². The summed E-state index contributed by atoms with van der Waals surface area (Å²) < 4.78 is 0.666. The van der Waals surface area contributed by atoms with Gasteiger partial charge >= 0.3 is 61.3 Å². The molecule has 1 fully saturated rings. The second kappa shape index (κ2) is 2.48. The zero-order chi connectivity index (χ0) is 6.04. The van der Waals surface area contributed by atoms with E-state index in [0.717, 1.165) is 0 Å². The molecule has 0 N–H and O–H groups in total. The molecule has 0 radical (unpaired) electrons. The Morgan fingerprint density at radius 3 is 2.12 bits per heavy atom. The van der Waals surface area contributed by atoms with Gasteiger partial charge in [-0.2, -0.15) is 0 Å². The zero-order valence-electron chi connectivity index (χ0n) is 5.39. The molecule has 0 saturated heterocycles. The fraction of sp³-hybridized carbons (Fsp3) is 1.00. The molecule has 0 bridgehead atoms. The fourth-order valence-electron chi connectivity index (χ4n) is 1.35. The maximum atomic E-state index is 2.91. The van der Waals surface area contributed by atoms with E-state index in [-0.39, 0.29) is 0 Å². The molecular weight excluding hydrogens is 185 g/mol. The Labute approximate surface area is 61.7 Å². The summed E-state index contributed by atoms with van der Waals surface area (Å²) in [7, 11) is 0. The van der Waals surface area contributed by atoms with Gasteiger partial charge in [0.05, 0.1) is 0 Å². The van der Waals surface area contributed by atoms with Crippen LogP contribution in [-0.4, -0.2) is 0 Å². The minimum atomic E-state index is 0.666. The molecule has 1 saturated carbocycles. The van der Waals surface area contributed by atoms with Crippen LogP contribution in [0.15, 0.2) is 0 Å². The van der Waals surface area contributed by atoms with Crippen LogP contribution in [0.3, 0.4) is 0 Å².